The fraction of sp³-hybridized carbons (Fsp3) is 0.261. The predicted octanol–water partition coefficient (Wildman–Crippen LogP) is 5.38. The summed E-state index contributed by atoms with van der Waals surface area (Å²) in [6, 6.07) is 19.1. The van der Waals surface area contributed by atoms with Gasteiger partial charge >= 0.3 is 0 Å². The van der Waals surface area contributed by atoms with Crippen molar-refractivity contribution in [2.24, 2.45) is 0 Å². The largest absolute Gasteiger partial charge is 0.490 e. The number of hydrogen-bond acceptors (Lipinski definition) is 5. The molecule has 0 aliphatic rings. The molecule has 3 aromatic rings. The number of aromatic nitrogens is 1. The van der Waals surface area contributed by atoms with Gasteiger partial charge < -0.3 is 19.9 Å². The summed E-state index contributed by atoms with van der Waals surface area (Å²) in [6.45, 7) is 3.95. The Kier molecular flexibility index (Phi) is 12.3. The molecule has 31 heavy (non-hydrogen) atoms. The standard InChI is InChI=1S/C23H25ClN2O3.2ClH/c1-2-28-22-12-17(13-25-15-20(27)19-6-4-3-5-7-19)8-10-21(22)29-16-18-9-11-23(24)26-14-18;;/h3-12,14,20,25,27H,2,13,15-16H2,1H3;2*1H. The van der Waals surface area contributed by atoms with Crippen molar-refractivity contribution >= 4 is 36.4 Å². The minimum atomic E-state index is -0.543. The third-order valence-electron chi connectivity index (χ3n) is 4.34. The molecule has 1 unspecified atom stereocenters. The minimum Gasteiger partial charge on any atom is -0.490 e. The van der Waals surface area contributed by atoms with Crippen molar-refractivity contribution < 1.29 is 14.6 Å². The van der Waals surface area contributed by atoms with E-state index >= 15 is 0 Å². The van der Waals surface area contributed by atoms with E-state index in [1.54, 1.807) is 12.3 Å². The molecule has 0 spiro atoms. The molecule has 3 rings (SSSR count). The quantitative estimate of drug-likeness (QED) is 0.378. The van der Waals surface area contributed by atoms with E-state index in [1.165, 1.54) is 0 Å². The van der Waals surface area contributed by atoms with Gasteiger partial charge in [-0.1, -0.05) is 54.1 Å². The first-order valence-corrected chi connectivity index (χ1v) is 9.96. The summed E-state index contributed by atoms with van der Waals surface area (Å²) in [5.41, 5.74) is 2.88. The van der Waals surface area contributed by atoms with Crippen LogP contribution in [0.5, 0.6) is 11.5 Å². The summed E-state index contributed by atoms with van der Waals surface area (Å²) in [6.07, 6.45) is 1.15. The van der Waals surface area contributed by atoms with Crippen molar-refractivity contribution in [1.29, 1.82) is 0 Å². The molecule has 0 saturated carbocycles. The lowest BCUT2D eigenvalue weighted by Gasteiger charge is -2.15. The molecular weight excluding hydrogens is 459 g/mol. The third kappa shape index (κ3) is 8.56. The summed E-state index contributed by atoms with van der Waals surface area (Å²) in [4.78, 5) is 4.06. The summed E-state index contributed by atoms with van der Waals surface area (Å²) in [5.74, 6) is 1.37. The van der Waals surface area contributed by atoms with Crippen molar-refractivity contribution in [1.82, 2.24) is 10.3 Å². The van der Waals surface area contributed by atoms with E-state index in [9.17, 15) is 5.11 Å². The van der Waals surface area contributed by atoms with Crippen LogP contribution in [0.2, 0.25) is 5.15 Å². The van der Waals surface area contributed by atoms with Crippen LogP contribution in [0.3, 0.4) is 0 Å². The molecule has 2 N–H and O–H groups in total. The summed E-state index contributed by atoms with van der Waals surface area (Å²) in [5, 5.41) is 14.0. The predicted molar refractivity (Wildman–Crippen MR) is 129 cm³/mol. The second-order valence-corrected chi connectivity index (χ2v) is 6.94. The van der Waals surface area contributed by atoms with Crippen molar-refractivity contribution in [3.05, 3.63) is 88.7 Å². The van der Waals surface area contributed by atoms with Crippen molar-refractivity contribution in [2.45, 2.75) is 26.2 Å². The molecule has 8 heteroatoms. The molecule has 2 aromatic carbocycles. The first kappa shape index (κ1) is 27.0. The molecular formula is C23H27Cl3N2O3. The molecule has 1 atom stereocenters. The number of nitrogens with zero attached hydrogens (tertiary/aromatic N) is 1. The number of hydrogen-bond donors (Lipinski definition) is 2. The molecule has 0 bridgehead atoms. The van der Waals surface area contributed by atoms with Gasteiger partial charge in [0.25, 0.3) is 0 Å². The van der Waals surface area contributed by atoms with Gasteiger partial charge in [0.1, 0.15) is 11.8 Å². The van der Waals surface area contributed by atoms with Gasteiger partial charge in [-0.2, -0.15) is 0 Å². The van der Waals surface area contributed by atoms with Gasteiger partial charge in [0.15, 0.2) is 11.5 Å². The van der Waals surface area contributed by atoms with Crippen LogP contribution in [0.1, 0.15) is 29.7 Å². The second-order valence-electron chi connectivity index (χ2n) is 6.55. The number of rotatable bonds is 10. The number of benzene rings is 2. The zero-order valence-corrected chi connectivity index (χ0v) is 19.6. The van der Waals surface area contributed by atoms with E-state index in [2.05, 4.69) is 10.3 Å². The van der Waals surface area contributed by atoms with Crippen LogP contribution < -0.4 is 14.8 Å². The Morgan fingerprint density at radius 1 is 0.968 bits per heavy atom. The van der Waals surface area contributed by atoms with Crippen LogP contribution in [-0.4, -0.2) is 23.2 Å². The summed E-state index contributed by atoms with van der Waals surface area (Å²) < 4.78 is 11.6. The fourth-order valence-electron chi connectivity index (χ4n) is 2.85. The van der Waals surface area contributed by atoms with E-state index in [-0.39, 0.29) is 24.8 Å². The van der Waals surface area contributed by atoms with Crippen molar-refractivity contribution in [2.75, 3.05) is 13.2 Å². The van der Waals surface area contributed by atoms with Crippen LogP contribution >= 0.6 is 36.4 Å². The highest BCUT2D eigenvalue weighted by Crippen LogP contribution is 2.29. The first-order valence-electron chi connectivity index (χ1n) is 9.58. The molecule has 1 aromatic heterocycles. The van der Waals surface area contributed by atoms with Crippen LogP contribution in [-0.2, 0) is 13.2 Å². The van der Waals surface area contributed by atoms with Gasteiger partial charge in [0.2, 0.25) is 0 Å². The molecule has 0 aliphatic carbocycles. The normalized spacial score (nSPS) is 11.1. The van der Waals surface area contributed by atoms with E-state index in [0.29, 0.717) is 43.0 Å². The number of pyridine rings is 1. The molecule has 0 amide bonds. The fourth-order valence-corrected chi connectivity index (χ4v) is 2.96. The average Bonchev–Trinajstić information content (AvgIpc) is 2.75. The highest BCUT2D eigenvalue weighted by atomic mass is 35.5. The lowest BCUT2D eigenvalue weighted by molar-refractivity contribution is 0.174. The van der Waals surface area contributed by atoms with Gasteiger partial charge in [-0.05, 0) is 36.2 Å². The van der Waals surface area contributed by atoms with Crippen LogP contribution in [0.15, 0.2) is 66.9 Å². The zero-order chi connectivity index (χ0) is 20.5. The van der Waals surface area contributed by atoms with Gasteiger partial charge in [0, 0.05) is 24.8 Å². The van der Waals surface area contributed by atoms with Gasteiger partial charge in [-0.15, -0.1) is 24.8 Å². The van der Waals surface area contributed by atoms with Crippen molar-refractivity contribution in [3.8, 4) is 11.5 Å². The zero-order valence-electron chi connectivity index (χ0n) is 17.2. The lowest BCUT2D eigenvalue weighted by Crippen LogP contribution is -2.21. The Bertz CT molecular complexity index is 896. The molecule has 0 fully saturated rings. The summed E-state index contributed by atoms with van der Waals surface area (Å²) >= 11 is 5.82. The molecule has 1 heterocycles. The van der Waals surface area contributed by atoms with E-state index in [0.717, 1.165) is 16.7 Å². The Morgan fingerprint density at radius 2 is 1.71 bits per heavy atom. The van der Waals surface area contributed by atoms with E-state index in [1.807, 2.05) is 61.5 Å². The van der Waals surface area contributed by atoms with Gasteiger partial charge in [-0.25, -0.2) is 4.98 Å². The maximum absolute atomic E-state index is 10.3. The molecule has 168 valence electrons. The van der Waals surface area contributed by atoms with Crippen LogP contribution in [0, 0.1) is 0 Å². The number of halogens is 3. The number of ether oxygens (including phenoxy) is 2. The Morgan fingerprint density at radius 3 is 2.39 bits per heavy atom. The molecule has 5 nitrogen and oxygen atoms in total. The topological polar surface area (TPSA) is 63.6 Å². The third-order valence-corrected chi connectivity index (χ3v) is 4.57. The number of aliphatic hydroxyl groups is 1. The Labute approximate surface area is 200 Å². The smallest absolute Gasteiger partial charge is 0.161 e. The maximum Gasteiger partial charge on any atom is 0.161 e. The van der Waals surface area contributed by atoms with E-state index < -0.39 is 6.10 Å². The molecule has 0 radical (unpaired) electrons. The first-order chi connectivity index (χ1) is 14.2. The minimum absolute atomic E-state index is 0. The lowest BCUT2D eigenvalue weighted by atomic mass is 10.1. The van der Waals surface area contributed by atoms with Crippen LogP contribution in [0.25, 0.3) is 0 Å². The van der Waals surface area contributed by atoms with Gasteiger partial charge in [0.05, 0.1) is 12.7 Å². The highest BCUT2D eigenvalue weighted by molar-refractivity contribution is 6.29. The maximum atomic E-state index is 10.3. The van der Waals surface area contributed by atoms with Crippen LogP contribution in [0.4, 0.5) is 0 Å². The number of nitrogens with one attached hydrogen (secondary N) is 1. The monoisotopic (exact) mass is 484 g/mol. The molecule has 0 saturated heterocycles. The average molecular weight is 486 g/mol. The van der Waals surface area contributed by atoms with Crippen molar-refractivity contribution in [3.63, 3.8) is 0 Å². The number of aliphatic hydroxyl groups excluding tert-OH is 1. The van der Waals surface area contributed by atoms with Gasteiger partial charge in [-0.3, -0.25) is 0 Å². The second kappa shape index (κ2) is 14.1. The Hall–Kier alpha value is -2.02. The Balaban J connectivity index is 0.00000240. The molecule has 0 aliphatic heterocycles. The van der Waals surface area contributed by atoms with E-state index in [4.69, 9.17) is 21.1 Å². The SMILES string of the molecule is CCOc1cc(CNCC(O)c2ccccc2)ccc1OCc1ccc(Cl)nc1.Cl.Cl. The highest BCUT2D eigenvalue weighted by Gasteiger charge is 2.09. The summed E-state index contributed by atoms with van der Waals surface area (Å²) in [7, 11) is 0.